The number of hydrogen-bond donors (Lipinski definition) is 2. The summed E-state index contributed by atoms with van der Waals surface area (Å²) in [6.45, 7) is 3.70. The molecule has 3 aromatic rings. The molecule has 0 atom stereocenters. The van der Waals surface area contributed by atoms with E-state index in [1.807, 2.05) is 13.8 Å². The zero-order valence-electron chi connectivity index (χ0n) is 16.2. The predicted octanol–water partition coefficient (Wildman–Crippen LogP) is 4.95. The average Bonchev–Trinajstić information content (AvgIpc) is 3.17. The van der Waals surface area contributed by atoms with Gasteiger partial charge >= 0.3 is 6.18 Å². The highest BCUT2D eigenvalue weighted by Gasteiger charge is 2.29. The Morgan fingerprint density at radius 2 is 1.83 bits per heavy atom. The maximum absolute atomic E-state index is 13.7. The van der Waals surface area contributed by atoms with Gasteiger partial charge in [-0.2, -0.15) is 18.3 Å². The first kappa shape index (κ1) is 21.4. The molecule has 0 spiro atoms. The maximum atomic E-state index is 13.7. The fourth-order valence-electron chi connectivity index (χ4n) is 2.72. The lowest BCUT2D eigenvalue weighted by Crippen LogP contribution is -2.23. The molecule has 0 fully saturated rings. The van der Waals surface area contributed by atoms with Crippen LogP contribution in [0, 0.1) is 5.82 Å². The Labute approximate surface area is 170 Å². The summed E-state index contributed by atoms with van der Waals surface area (Å²) in [6.07, 6.45) is -4.55. The minimum atomic E-state index is -4.41. The Morgan fingerprint density at radius 3 is 2.47 bits per heavy atom. The summed E-state index contributed by atoms with van der Waals surface area (Å²) in [5.74, 6) is -0.552. The van der Waals surface area contributed by atoms with Crippen molar-refractivity contribution in [3.8, 4) is 17.0 Å². The molecule has 0 aliphatic rings. The lowest BCUT2D eigenvalue weighted by Gasteiger charge is -2.13. The van der Waals surface area contributed by atoms with Crippen molar-refractivity contribution in [2.45, 2.75) is 32.7 Å². The van der Waals surface area contributed by atoms with Crippen LogP contribution in [0.4, 0.5) is 17.6 Å². The van der Waals surface area contributed by atoms with E-state index in [0.29, 0.717) is 22.6 Å². The highest BCUT2D eigenvalue weighted by molar-refractivity contribution is 5.93. The number of aromatic amines is 1. The first-order valence-electron chi connectivity index (χ1n) is 9.10. The molecular weight excluding hydrogens is 402 g/mol. The number of hydrogen-bond acceptors (Lipinski definition) is 3. The standard InChI is InChI=1S/C21H19F4N3O2/c1-12(2)30-19-8-7-15(22)9-16(19)17-10-18(28-27-17)20(29)26-11-13-3-5-14(6-4-13)21(23,24)25/h3-10,12H,11H2,1-2H3,(H,26,29)(H,27,28). The van der Waals surface area contributed by atoms with Gasteiger partial charge in [0.25, 0.3) is 5.91 Å². The minimum Gasteiger partial charge on any atom is -0.490 e. The molecule has 1 amide bonds. The molecule has 0 aliphatic heterocycles. The Bertz CT molecular complexity index is 1030. The zero-order valence-corrected chi connectivity index (χ0v) is 16.2. The number of amides is 1. The fraction of sp³-hybridized carbons (Fsp3) is 0.238. The van der Waals surface area contributed by atoms with E-state index in [2.05, 4.69) is 15.5 Å². The summed E-state index contributed by atoms with van der Waals surface area (Å²) in [5, 5.41) is 9.23. The summed E-state index contributed by atoms with van der Waals surface area (Å²) in [4.78, 5) is 12.4. The van der Waals surface area contributed by atoms with Crippen LogP contribution in [0.3, 0.4) is 0 Å². The number of H-pyrrole nitrogens is 1. The Kier molecular flexibility index (Phi) is 6.09. The van der Waals surface area contributed by atoms with Crippen molar-refractivity contribution < 1.29 is 27.1 Å². The van der Waals surface area contributed by atoms with Crippen LogP contribution >= 0.6 is 0 Å². The smallest absolute Gasteiger partial charge is 0.416 e. The molecule has 1 heterocycles. The SMILES string of the molecule is CC(C)Oc1ccc(F)cc1-c1cc(C(=O)NCc2ccc(C(F)(F)F)cc2)[nH]n1. The number of nitrogens with one attached hydrogen (secondary N) is 2. The van der Waals surface area contributed by atoms with Crippen LogP contribution < -0.4 is 10.1 Å². The number of halogens is 4. The van der Waals surface area contributed by atoms with Crippen LogP contribution in [-0.4, -0.2) is 22.2 Å². The van der Waals surface area contributed by atoms with Gasteiger partial charge < -0.3 is 10.1 Å². The lowest BCUT2D eigenvalue weighted by atomic mass is 10.1. The molecule has 9 heteroatoms. The molecular formula is C21H19F4N3O2. The van der Waals surface area contributed by atoms with Crippen molar-refractivity contribution in [2.24, 2.45) is 0 Å². The molecule has 1 aromatic heterocycles. The number of carbonyl (C=O) groups is 1. The normalized spacial score (nSPS) is 11.6. The minimum absolute atomic E-state index is 0.0347. The van der Waals surface area contributed by atoms with Crippen LogP contribution in [-0.2, 0) is 12.7 Å². The number of aromatic nitrogens is 2. The van der Waals surface area contributed by atoms with Crippen molar-refractivity contribution in [1.29, 1.82) is 0 Å². The van der Waals surface area contributed by atoms with Gasteiger partial charge in [-0.1, -0.05) is 12.1 Å². The number of ether oxygens (including phenoxy) is 1. The third kappa shape index (κ3) is 5.16. The molecule has 0 unspecified atom stereocenters. The van der Waals surface area contributed by atoms with Gasteiger partial charge in [-0.3, -0.25) is 9.89 Å². The molecule has 5 nitrogen and oxygen atoms in total. The van der Waals surface area contributed by atoms with Gasteiger partial charge in [0.1, 0.15) is 17.3 Å². The predicted molar refractivity (Wildman–Crippen MR) is 102 cm³/mol. The molecule has 0 aliphatic carbocycles. The Balaban J connectivity index is 1.71. The third-order valence-electron chi connectivity index (χ3n) is 4.14. The van der Waals surface area contributed by atoms with Gasteiger partial charge in [0, 0.05) is 12.1 Å². The first-order valence-corrected chi connectivity index (χ1v) is 9.10. The van der Waals surface area contributed by atoms with E-state index in [1.54, 1.807) is 0 Å². The number of nitrogens with zero attached hydrogens (tertiary/aromatic N) is 1. The molecule has 0 radical (unpaired) electrons. The van der Waals surface area contributed by atoms with Crippen LogP contribution in [0.2, 0.25) is 0 Å². The number of alkyl halides is 3. The molecule has 2 N–H and O–H groups in total. The van der Waals surface area contributed by atoms with Crippen molar-refractivity contribution in [3.05, 3.63) is 71.2 Å². The van der Waals surface area contributed by atoms with Crippen molar-refractivity contribution in [3.63, 3.8) is 0 Å². The van der Waals surface area contributed by atoms with Gasteiger partial charge in [-0.25, -0.2) is 4.39 Å². The molecule has 3 rings (SSSR count). The molecule has 2 aromatic carbocycles. The van der Waals surface area contributed by atoms with Gasteiger partial charge in [0.05, 0.1) is 17.4 Å². The number of benzene rings is 2. The fourth-order valence-corrected chi connectivity index (χ4v) is 2.72. The van der Waals surface area contributed by atoms with Crippen LogP contribution in [0.15, 0.2) is 48.5 Å². The number of rotatable bonds is 6. The molecule has 158 valence electrons. The molecule has 30 heavy (non-hydrogen) atoms. The maximum Gasteiger partial charge on any atom is 0.416 e. The van der Waals surface area contributed by atoms with Crippen molar-refractivity contribution in [2.75, 3.05) is 0 Å². The molecule has 0 saturated carbocycles. The Hall–Kier alpha value is -3.36. The average molecular weight is 421 g/mol. The second kappa shape index (κ2) is 8.56. The second-order valence-electron chi connectivity index (χ2n) is 6.85. The summed E-state index contributed by atoms with van der Waals surface area (Å²) in [6, 6.07) is 9.97. The quantitative estimate of drug-likeness (QED) is 0.554. The lowest BCUT2D eigenvalue weighted by molar-refractivity contribution is -0.137. The summed E-state index contributed by atoms with van der Waals surface area (Å²) in [5.41, 5.74) is 0.586. The highest BCUT2D eigenvalue weighted by Crippen LogP contribution is 2.31. The summed E-state index contributed by atoms with van der Waals surface area (Å²) in [7, 11) is 0. The third-order valence-corrected chi connectivity index (χ3v) is 4.14. The number of carbonyl (C=O) groups excluding carboxylic acids is 1. The van der Waals surface area contributed by atoms with E-state index in [9.17, 15) is 22.4 Å². The van der Waals surface area contributed by atoms with Crippen LogP contribution in [0.1, 0.15) is 35.5 Å². The van der Waals surface area contributed by atoms with Crippen LogP contribution in [0.25, 0.3) is 11.3 Å². The van der Waals surface area contributed by atoms with Gasteiger partial charge in [0.2, 0.25) is 0 Å². The van der Waals surface area contributed by atoms with Crippen molar-refractivity contribution >= 4 is 5.91 Å². The van der Waals surface area contributed by atoms with E-state index in [4.69, 9.17) is 4.74 Å². The van der Waals surface area contributed by atoms with Gasteiger partial charge in [0.15, 0.2) is 0 Å². The molecule has 0 saturated heterocycles. The van der Waals surface area contributed by atoms with E-state index < -0.39 is 23.5 Å². The van der Waals surface area contributed by atoms with E-state index >= 15 is 0 Å². The highest BCUT2D eigenvalue weighted by atomic mass is 19.4. The monoisotopic (exact) mass is 421 g/mol. The zero-order chi connectivity index (χ0) is 21.9. The largest absolute Gasteiger partial charge is 0.490 e. The topological polar surface area (TPSA) is 67.0 Å². The van der Waals surface area contributed by atoms with Gasteiger partial charge in [-0.15, -0.1) is 0 Å². The van der Waals surface area contributed by atoms with Crippen molar-refractivity contribution in [1.82, 2.24) is 15.5 Å². The molecule has 0 bridgehead atoms. The second-order valence-corrected chi connectivity index (χ2v) is 6.85. The summed E-state index contributed by atoms with van der Waals surface area (Å²) < 4.78 is 57.2. The van der Waals surface area contributed by atoms with E-state index in [1.165, 1.54) is 36.4 Å². The van der Waals surface area contributed by atoms with E-state index in [0.717, 1.165) is 12.1 Å². The van der Waals surface area contributed by atoms with Gasteiger partial charge in [-0.05, 0) is 55.8 Å². The summed E-state index contributed by atoms with van der Waals surface area (Å²) >= 11 is 0. The van der Waals surface area contributed by atoms with Crippen LogP contribution in [0.5, 0.6) is 5.75 Å². The van der Waals surface area contributed by atoms with E-state index in [-0.39, 0.29) is 18.3 Å². The Morgan fingerprint density at radius 1 is 1.13 bits per heavy atom. The first-order chi connectivity index (χ1) is 14.1.